The van der Waals surface area contributed by atoms with E-state index in [4.69, 9.17) is 0 Å². The van der Waals surface area contributed by atoms with E-state index in [2.05, 4.69) is 31.2 Å². The number of benzene rings is 2. The number of nitrogens with zero attached hydrogens (tertiary/aromatic N) is 4. The maximum absolute atomic E-state index is 12.9. The summed E-state index contributed by atoms with van der Waals surface area (Å²) in [5, 5.41) is 2.21. The van der Waals surface area contributed by atoms with Crippen molar-refractivity contribution in [1.82, 2.24) is 15.3 Å². The highest BCUT2D eigenvalue weighted by Crippen LogP contribution is 2.49. The van der Waals surface area contributed by atoms with Gasteiger partial charge >= 0.3 is 12.1 Å². The zero-order valence-corrected chi connectivity index (χ0v) is 18.8. The number of fused-ring (bicyclic) bond motifs is 5. The van der Waals surface area contributed by atoms with Crippen molar-refractivity contribution in [3.05, 3.63) is 66.0 Å². The van der Waals surface area contributed by atoms with Gasteiger partial charge in [-0.05, 0) is 55.7 Å². The first-order valence-electron chi connectivity index (χ1n) is 11.1. The Balaban J connectivity index is 1.58. The Morgan fingerprint density at radius 2 is 1.82 bits per heavy atom. The zero-order chi connectivity index (χ0) is 24.0. The number of piperidine rings is 1. The highest BCUT2D eigenvalue weighted by Gasteiger charge is 2.42. The normalized spacial score (nSPS) is 19.6. The van der Waals surface area contributed by atoms with Gasteiger partial charge in [-0.2, -0.15) is 13.2 Å². The monoisotopic (exact) mass is 467 g/mol. The standard InChI is InChI=1S/C25H24F3N5O/c1-15-5-3-6-19-22(15)21-14-17(31-24(34)25(26,27)28)9-12-33(21)18-8-7-16(13-20(18)32(19)2)23-29-10-4-11-30-23/h3-8,10-11,13,17,21H,9,12,14H2,1-2H3,(H,31,34)/t17-,21+/m0/s1. The number of rotatable bonds is 2. The Kier molecular flexibility index (Phi) is 5.42. The molecule has 9 heteroatoms. The van der Waals surface area contributed by atoms with Crippen molar-refractivity contribution < 1.29 is 18.0 Å². The molecule has 176 valence electrons. The number of aryl methyl sites for hydroxylation is 1. The fourth-order valence-electron chi connectivity index (χ4n) is 5.07. The van der Waals surface area contributed by atoms with Crippen molar-refractivity contribution in [1.29, 1.82) is 0 Å². The lowest BCUT2D eigenvalue weighted by molar-refractivity contribution is -0.174. The SMILES string of the molecule is Cc1cccc2c1[C@H]1C[C@@H](NC(=O)C(F)(F)F)CCN1c1ccc(-c3ncccn3)cc1N2C. The van der Waals surface area contributed by atoms with E-state index in [-0.39, 0.29) is 6.04 Å². The number of alkyl halides is 3. The van der Waals surface area contributed by atoms with Gasteiger partial charge in [0.2, 0.25) is 0 Å². The first-order valence-corrected chi connectivity index (χ1v) is 11.1. The number of carbonyl (C=O) groups is 1. The molecule has 0 radical (unpaired) electrons. The molecule has 1 aromatic heterocycles. The summed E-state index contributed by atoms with van der Waals surface area (Å²) >= 11 is 0. The highest BCUT2D eigenvalue weighted by atomic mass is 19.4. The van der Waals surface area contributed by atoms with E-state index < -0.39 is 18.1 Å². The number of halogens is 3. The van der Waals surface area contributed by atoms with E-state index in [0.717, 1.165) is 33.8 Å². The summed E-state index contributed by atoms with van der Waals surface area (Å²) in [5.41, 5.74) is 5.94. The molecule has 1 fully saturated rings. The van der Waals surface area contributed by atoms with Gasteiger partial charge in [-0.15, -0.1) is 0 Å². The summed E-state index contributed by atoms with van der Waals surface area (Å²) in [6.07, 6.45) is -0.682. The fraction of sp³-hybridized carbons (Fsp3) is 0.320. The third-order valence-electron chi connectivity index (χ3n) is 6.66. The summed E-state index contributed by atoms with van der Waals surface area (Å²) in [5.74, 6) is -1.26. The average molecular weight is 467 g/mol. The minimum Gasteiger partial charge on any atom is -0.363 e. The van der Waals surface area contributed by atoms with Crippen LogP contribution in [0.25, 0.3) is 11.4 Å². The molecule has 0 spiro atoms. The Morgan fingerprint density at radius 1 is 1.06 bits per heavy atom. The number of carbonyl (C=O) groups excluding carboxylic acids is 1. The summed E-state index contributed by atoms with van der Waals surface area (Å²) in [4.78, 5) is 24.7. The average Bonchev–Trinajstić information content (AvgIpc) is 2.92. The van der Waals surface area contributed by atoms with E-state index >= 15 is 0 Å². The predicted molar refractivity (Wildman–Crippen MR) is 124 cm³/mol. The van der Waals surface area contributed by atoms with Gasteiger partial charge in [0.15, 0.2) is 5.82 Å². The smallest absolute Gasteiger partial charge is 0.363 e. The molecule has 1 amide bonds. The van der Waals surface area contributed by atoms with Gasteiger partial charge < -0.3 is 15.1 Å². The Hall–Kier alpha value is -3.62. The number of hydrogen-bond acceptors (Lipinski definition) is 5. The van der Waals surface area contributed by atoms with Crippen molar-refractivity contribution in [2.45, 2.75) is 38.0 Å². The van der Waals surface area contributed by atoms with E-state index in [1.165, 1.54) is 0 Å². The van der Waals surface area contributed by atoms with Gasteiger partial charge in [-0.25, -0.2) is 9.97 Å². The molecule has 34 heavy (non-hydrogen) atoms. The Morgan fingerprint density at radius 3 is 2.56 bits per heavy atom. The molecule has 6 nitrogen and oxygen atoms in total. The first-order chi connectivity index (χ1) is 16.2. The van der Waals surface area contributed by atoms with Gasteiger partial charge in [0, 0.05) is 48.8 Å². The number of anilines is 3. The van der Waals surface area contributed by atoms with Gasteiger partial charge in [-0.1, -0.05) is 12.1 Å². The second-order valence-electron chi connectivity index (χ2n) is 8.74. The summed E-state index contributed by atoms with van der Waals surface area (Å²) in [7, 11) is 1.99. The molecule has 2 aliphatic heterocycles. The van der Waals surface area contributed by atoms with E-state index in [1.807, 2.05) is 44.3 Å². The molecule has 0 aliphatic carbocycles. The van der Waals surface area contributed by atoms with E-state index in [1.54, 1.807) is 18.5 Å². The number of amides is 1. The third-order valence-corrected chi connectivity index (χ3v) is 6.66. The molecule has 3 aromatic rings. The van der Waals surface area contributed by atoms with Crippen LogP contribution in [0.1, 0.15) is 30.0 Å². The minimum absolute atomic E-state index is 0.175. The number of hydrogen-bond donors (Lipinski definition) is 1. The molecule has 0 unspecified atom stereocenters. The second kappa shape index (κ2) is 8.30. The van der Waals surface area contributed by atoms with Crippen LogP contribution in [0.2, 0.25) is 0 Å². The zero-order valence-electron chi connectivity index (χ0n) is 18.8. The van der Waals surface area contributed by atoms with Crippen molar-refractivity contribution >= 4 is 23.0 Å². The van der Waals surface area contributed by atoms with Crippen LogP contribution in [-0.2, 0) is 4.79 Å². The largest absolute Gasteiger partial charge is 0.471 e. The van der Waals surface area contributed by atoms with Crippen molar-refractivity contribution in [3.8, 4) is 11.4 Å². The molecule has 2 aromatic carbocycles. The number of aromatic nitrogens is 2. The fourth-order valence-corrected chi connectivity index (χ4v) is 5.07. The van der Waals surface area contributed by atoms with Gasteiger partial charge in [0.05, 0.1) is 17.4 Å². The molecular weight excluding hydrogens is 443 g/mol. The third kappa shape index (κ3) is 3.85. The van der Waals surface area contributed by atoms with Crippen LogP contribution in [0.15, 0.2) is 54.9 Å². The molecule has 1 saturated heterocycles. The van der Waals surface area contributed by atoms with Crippen molar-refractivity contribution in [3.63, 3.8) is 0 Å². The maximum Gasteiger partial charge on any atom is 0.471 e. The molecule has 5 rings (SSSR count). The summed E-state index contributed by atoms with van der Waals surface area (Å²) in [6.45, 7) is 2.53. The second-order valence-corrected chi connectivity index (χ2v) is 8.74. The molecular formula is C25H24F3N5O. The molecule has 2 atom stereocenters. The van der Waals surface area contributed by atoms with Crippen LogP contribution in [0, 0.1) is 6.92 Å². The van der Waals surface area contributed by atoms with Crippen molar-refractivity contribution in [2.75, 3.05) is 23.4 Å². The molecule has 0 bridgehead atoms. The van der Waals surface area contributed by atoms with Crippen LogP contribution < -0.4 is 15.1 Å². The molecule has 1 N–H and O–H groups in total. The van der Waals surface area contributed by atoms with Crippen molar-refractivity contribution in [2.24, 2.45) is 0 Å². The quantitative estimate of drug-likeness (QED) is 0.580. The lowest BCUT2D eigenvalue weighted by Gasteiger charge is -2.41. The van der Waals surface area contributed by atoms with Crippen LogP contribution in [0.4, 0.5) is 30.2 Å². The van der Waals surface area contributed by atoms with Gasteiger partial charge in [0.25, 0.3) is 0 Å². The highest BCUT2D eigenvalue weighted by molar-refractivity contribution is 5.85. The van der Waals surface area contributed by atoms with Gasteiger partial charge in [-0.3, -0.25) is 4.79 Å². The summed E-state index contributed by atoms with van der Waals surface area (Å²) in [6, 6.07) is 13.1. The predicted octanol–water partition coefficient (Wildman–Crippen LogP) is 4.92. The van der Waals surface area contributed by atoms with Crippen LogP contribution >= 0.6 is 0 Å². The lowest BCUT2D eigenvalue weighted by Crippen LogP contribution is -2.49. The molecule has 2 aliphatic rings. The lowest BCUT2D eigenvalue weighted by atomic mass is 9.88. The van der Waals surface area contributed by atoms with Crippen LogP contribution in [-0.4, -0.2) is 41.7 Å². The van der Waals surface area contributed by atoms with Crippen LogP contribution in [0.5, 0.6) is 0 Å². The Bertz CT molecular complexity index is 1230. The molecule has 3 heterocycles. The minimum atomic E-state index is -4.89. The first kappa shape index (κ1) is 22.2. The topological polar surface area (TPSA) is 61.4 Å². The van der Waals surface area contributed by atoms with Crippen LogP contribution in [0.3, 0.4) is 0 Å². The molecule has 0 saturated carbocycles. The number of nitrogens with one attached hydrogen (secondary N) is 1. The van der Waals surface area contributed by atoms with Gasteiger partial charge in [0.1, 0.15) is 0 Å². The Labute approximate surface area is 195 Å². The maximum atomic E-state index is 12.9. The summed E-state index contributed by atoms with van der Waals surface area (Å²) < 4.78 is 38.7. The van der Waals surface area contributed by atoms with E-state index in [9.17, 15) is 18.0 Å². The van der Waals surface area contributed by atoms with E-state index in [0.29, 0.717) is 25.2 Å².